The highest BCUT2D eigenvalue weighted by Gasteiger charge is 2.30. The van der Waals surface area contributed by atoms with Gasteiger partial charge < -0.3 is 10.7 Å². The topological polar surface area (TPSA) is 75.9 Å². The monoisotopic (exact) mass is 303 g/mol. The Morgan fingerprint density at radius 2 is 1.80 bits per heavy atom. The largest absolute Gasteiger partial charge is 0.416 e. The molecule has 1 heterocycles. The number of anilines is 3. The summed E-state index contributed by atoms with van der Waals surface area (Å²) >= 11 is 5.81. The van der Waals surface area contributed by atoms with Gasteiger partial charge in [0, 0.05) is 6.07 Å². The normalized spacial score (nSPS) is 11.2. The van der Waals surface area contributed by atoms with Crippen LogP contribution in [-0.2, 0) is 6.18 Å². The maximum absolute atomic E-state index is 12.5. The minimum Gasteiger partial charge on any atom is -0.339 e. The summed E-state index contributed by atoms with van der Waals surface area (Å²) in [7, 11) is 0. The third-order valence-corrected chi connectivity index (χ3v) is 2.69. The van der Waals surface area contributed by atoms with E-state index in [9.17, 15) is 13.2 Å². The number of halogens is 4. The molecule has 9 heteroatoms. The van der Waals surface area contributed by atoms with Gasteiger partial charge in [0.15, 0.2) is 0 Å². The van der Waals surface area contributed by atoms with Gasteiger partial charge in [0.1, 0.15) is 18.0 Å². The smallest absolute Gasteiger partial charge is 0.339 e. The molecule has 0 fully saturated rings. The summed E-state index contributed by atoms with van der Waals surface area (Å²) < 4.78 is 37.5. The third kappa shape index (κ3) is 3.28. The van der Waals surface area contributed by atoms with Crippen molar-refractivity contribution in [3.05, 3.63) is 41.2 Å². The molecule has 0 aliphatic rings. The highest BCUT2D eigenvalue weighted by atomic mass is 35.5. The molecule has 1 aromatic heterocycles. The molecule has 4 N–H and O–H groups in total. The highest BCUT2D eigenvalue weighted by Crippen LogP contribution is 2.34. The second kappa shape index (κ2) is 5.51. The predicted molar refractivity (Wildman–Crippen MR) is 69.6 cm³/mol. The Morgan fingerprint density at radius 3 is 2.40 bits per heavy atom. The van der Waals surface area contributed by atoms with E-state index < -0.39 is 11.7 Å². The number of aromatic nitrogens is 2. The first-order valence-corrected chi connectivity index (χ1v) is 5.70. The van der Waals surface area contributed by atoms with Crippen LogP contribution in [0.4, 0.5) is 30.5 Å². The van der Waals surface area contributed by atoms with Crippen LogP contribution in [0.25, 0.3) is 0 Å². The lowest BCUT2D eigenvalue weighted by molar-refractivity contribution is -0.137. The average molecular weight is 304 g/mol. The number of nitrogen functional groups attached to an aromatic ring is 1. The summed E-state index contributed by atoms with van der Waals surface area (Å²) in [5.74, 6) is 5.89. The number of nitrogens with two attached hydrogens (primary N) is 1. The quantitative estimate of drug-likeness (QED) is 0.600. The van der Waals surface area contributed by atoms with E-state index in [-0.39, 0.29) is 5.02 Å². The van der Waals surface area contributed by atoms with Crippen LogP contribution in [0.15, 0.2) is 30.6 Å². The van der Waals surface area contributed by atoms with Crippen molar-refractivity contribution in [3.63, 3.8) is 0 Å². The fourth-order valence-electron chi connectivity index (χ4n) is 1.44. The van der Waals surface area contributed by atoms with E-state index in [4.69, 9.17) is 17.4 Å². The fourth-order valence-corrected chi connectivity index (χ4v) is 1.66. The van der Waals surface area contributed by atoms with E-state index in [0.29, 0.717) is 17.3 Å². The molecule has 2 rings (SSSR count). The predicted octanol–water partition coefficient (Wildman–Crippen LogP) is 3.18. The molecule has 0 saturated heterocycles. The summed E-state index contributed by atoms with van der Waals surface area (Å²) in [5, 5.41) is 2.71. The standard InChI is InChI=1S/C11H9ClF3N5/c12-7-3-6(11(13,14)15)1-2-8(7)19-9-4-10(20-16)18-5-17-9/h1-5H,16H2,(H2,17,18,19,20). The van der Waals surface area contributed by atoms with Gasteiger partial charge in [-0.05, 0) is 18.2 Å². The highest BCUT2D eigenvalue weighted by molar-refractivity contribution is 6.33. The van der Waals surface area contributed by atoms with E-state index in [1.807, 2.05) is 0 Å². The number of hydrogen-bond donors (Lipinski definition) is 3. The summed E-state index contributed by atoms with van der Waals surface area (Å²) in [5.41, 5.74) is 1.80. The SMILES string of the molecule is NNc1cc(Nc2ccc(C(F)(F)F)cc2Cl)ncn1. The molecule has 0 atom stereocenters. The minimum atomic E-state index is -4.44. The summed E-state index contributed by atoms with van der Waals surface area (Å²) in [4.78, 5) is 7.70. The van der Waals surface area contributed by atoms with Crippen molar-refractivity contribution >= 4 is 28.9 Å². The molecule has 2 aromatic rings. The Hall–Kier alpha value is -2.06. The molecule has 0 aliphatic carbocycles. The maximum Gasteiger partial charge on any atom is 0.416 e. The van der Waals surface area contributed by atoms with Gasteiger partial charge in [-0.1, -0.05) is 11.6 Å². The van der Waals surface area contributed by atoms with Crippen molar-refractivity contribution < 1.29 is 13.2 Å². The number of alkyl halides is 3. The molecule has 0 aliphatic heterocycles. The Labute approximate surface area is 117 Å². The Morgan fingerprint density at radius 1 is 1.10 bits per heavy atom. The zero-order valence-corrected chi connectivity index (χ0v) is 10.6. The lowest BCUT2D eigenvalue weighted by Gasteiger charge is -2.11. The number of nitrogens with one attached hydrogen (secondary N) is 2. The summed E-state index contributed by atoms with van der Waals surface area (Å²) in [6.45, 7) is 0. The van der Waals surface area contributed by atoms with Gasteiger partial charge in [0.25, 0.3) is 0 Å². The average Bonchev–Trinajstić information content (AvgIpc) is 2.40. The summed E-state index contributed by atoms with van der Waals surface area (Å²) in [6.07, 6.45) is -3.19. The van der Waals surface area contributed by atoms with Gasteiger partial charge in [-0.25, -0.2) is 15.8 Å². The van der Waals surface area contributed by atoms with Crippen molar-refractivity contribution in [1.29, 1.82) is 0 Å². The van der Waals surface area contributed by atoms with Crippen molar-refractivity contribution in [2.24, 2.45) is 5.84 Å². The maximum atomic E-state index is 12.5. The number of rotatable bonds is 3. The van der Waals surface area contributed by atoms with Crippen LogP contribution in [-0.4, -0.2) is 9.97 Å². The van der Waals surface area contributed by atoms with Crippen molar-refractivity contribution in [2.75, 3.05) is 10.7 Å². The first kappa shape index (κ1) is 14.4. The van der Waals surface area contributed by atoms with Crippen LogP contribution in [0, 0.1) is 0 Å². The first-order valence-electron chi connectivity index (χ1n) is 5.32. The molecular formula is C11H9ClF3N5. The molecule has 0 unspecified atom stereocenters. The molecule has 0 saturated carbocycles. The molecular weight excluding hydrogens is 295 g/mol. The number of benzene rings is 1. The van der Waals surface area contributed by atoms with E-state index in [1.54, 1.807) is 0 Å². The van der Waals surface area contributed by atoms with Crippen molar-refractivity contribution in [2.45, 2.75) is 6.18 Å². The van der Waals surface area contributed by atoms with Crippen molar-refractivity contribution in [3.8, 4) is 0 Å². The van der Waals surface area contributed by atoms with E-state index in [1.165, 1.54) is 18.5 Å². The number of hydrogen-bond acceptors (Lipinski definition) is 5. The molecule has 1 aromatic carbocycles. The van der Waals surface area contributed by atoms with Crippen LogP contribution < -0.4 is 16.6 Å². The lowest BCUT2D eigenvalue weighted by Crippen LogP contribution is -2.09. The Bertz CT molecular complexity index is 617. The molecule has 0 spiro atoms. The molecule has 0 bridgehead atoms. The number of hydrazine groups is 1. The Balaban J connectivity index is 2.25. The molecule has 0 radical (unpaired) electrons. The second-order valence-electron chi connectivity index (χ2n) is 3.75. The van der Waals surface area contributed by atoms with Crippen LogP contribution in [0.5, 0.6) is 0 Å². The molecule has 5 nitrogen and oxygen atoms in total. The summed E-state index contributed by atoms with van der Waals surface area (Å²) in [6, 6.07) is 4.47. The molecule has 0 amide bonds. The van der Waals surface area contributed by atoms with E-state index >= 15 is 0 Å². The zero-order chi connectivity index (χ0) is 14.8. The fraction of sp³-hybridized carbons (Fsp3) is 0.0909. The van der Waals surface area contributed by atoms with Crippen LogP contribution in [0.2, 0.25) is 5.02 Å². The van der Waals surface area contributed by atoms with Crippen molar-refractivity contribution in [1.82, 2.24) is 9.97 Å². The lowest BCUT2D eigenvalue weighted by atomic mass is 10.2. The van der Waals surface area contributed by atoms with Gasteiger partial charge in [-0.15, -0.1) is 0 Å². The van der Waals surface area contributed by atoms with Gasteiger partial charge in [0.2, 0.25) is 0 Å². The van der Waals surface area contributed by atoms with E-state index in [0.717, 1.165) is 12.1 Å². The van der Waals surface area contributed by atoms with Crippen LogP contribution in [0.3, 0.4) is 0 Å². The van der Waals surface area contributed by atoms with Crippen LogP contribution in [0.1, 0.15) is 5.56 Å². The van der Waals surface area contributed by atoms with Gasteiger partial charge in [-0.2, -0.15) is 13.2 Å². The van der Waals surface area contributed by atoms with E-state index in [2.05, 4.69) is 20.7 Å². The zero-order valence-electron chi connectivity index (χ0n) is 9.87. The van der Waals surface area contributed by atoms with Gasteiger partial charge in [-0.3, -0.25) is 0 Å². The molecule has 106 valence electrons. The number of nitrogens with zero attached hydrogens (tertiary/aromatic N) is 2. The first-order chi connectivity index (χ1) is 9.40. The third-order valence-electron chi connectivity index (χ3n) is 2.37. The van der Waals surface area contributed by atoms with Gasteiger partial charge in [0.05, 0.1) is 16.3 Å². The van der Waals surface area contributed by atoms with Crippen LogP contribution >= 0.6 is 11.6 Å². The molecule has 20 heavy (non-hydrogen) atoms. The minimum absolute atomic E-state index is 0.0688. The Kier molecular flexibility index (Phi) is 3.96. The van der Waals surface area contributed by atoms with Gasteiger partial charge >= 0.3 is 6.18 Å². The second-order valence-corrected chi connectivity index (χ2v) is 4.16.